The van der Waals surface area contributed by atoms with Gasteiger partial charge in [-0.2, -0.15) is 0 Å². The molecule has 0 aliphatic heterocycles. The number of tetrazole rings is 1. The van der Waals surface area contributed by atoms with Crippen LogP contribution < -0.4 is 11.1 Å². The molecule has 0 spiro atoms. The van der Waals surface area contributed by atoms with E-state index in [0.29, 0.717) is 12.1 Å². The van der Waals surface area contributed by atoms with Crippen molar-refractivity contribution in [1.82, 2.24) is 25.5 Å². The molecule has 0 aliphatic rings. The molecule has 0 aliphatic carbocycles. The first kappa shape index (κ1) is 18.1. The number of hydrogen-bond acceptors (Lipinski definition) is 5. The standard InChI is InChI=1S/C14H20N6O.ClH/c1-2-3-6-12(9-15)17-14(21)11-5-4-7-13(8-11)20-10-16-18-19-20;/h4-5,7-8,10,12H,2-3,6,9,15H2,1H3,(H,17,21);1H. The highest BCUT2D eigenvalue weighted by Crippen LogP contribution is 2.09. The highest BCUT2D eigenvalue weighted by Gasteiger charge is 2.12. The van der Waals surface area contributed by atoms with Crippen LogP contribution in [-0.2, 0) is 0 Å². The van der Waals surface area contributed by atoms with Gasteiger partial charge in [0.2, 0.25) is 0 Å². The van der Waals surface area contributed by atoms with E-state index >= 15 is 0 Å². The highest BCUT2D eigenvalue weighted by atomic mass is 35.5. The van der Waals surface area contributed by atoms with E-state index in [1.807, 2.05) is 6.07 Å². The van der Waals surface area contributed by atoms with Gasteiger partial charge in [-0.25, -0.2) is 4.68 Å². The molecule has 0 fully saturated rings. The van der Waals surface area contributed by atoms with Crippen LogP contribution in [0.3, 0.4) is 0 Å². The number of amides is 1. The summed E-state index contributed by atoms with van der Waals surface area (Å²) in [4.78, 5) is 12.3. The Labute approximate surface area is 135 Å². The molecule has 120 valence electrons. The molecule has 2 aromatic rings. The van der Waals surface area contributed by atoms with E-state index in [1.165, 1.54) is 11.0 Å². The zero-order chi connectivity index (χ0) is 15.1. The van der Waals surface area contributed by atoms with Crippen molar-refractivity contribution in [2.45, 2.75) is 32.2 Å². The molecule has 22 heavy (non-hydrogen) atoms. The maximum Gasteiger partial charge on any atom is 0.251 e. The SMILES string of the molecule is CCCCC(CN)NC(=O)c1cccc(-n2cnnn2)c1.Cl. The monoisotopic (exact) mass is 324 g/mol. The largest absolute Gasteiger partial charge is 0.348 e. The lowest BCUT2D eigenvalue weighted by Crippen LogP contribution is -2.40. The fourth-order valence-electron chi connectivity index (χ4n) is 2.04. The van der Waals surface area contributed by atoms with Gasteiger partial charge in [-0.3, -0.25) is 4.79 Å². The van der Waals surface area contributed by atoms with Gasteiger partial charge in [-0.15, -0.1) is 17.5 Å². The Balaban J connectivity index is 0.00000242. The minimum absolute atomic E-state index is 0. The smallest absolute Gasteiger partial charge is 0.251 e. The molecule has 1 unspecified atom stereocenters. The first-order chi connectivity index (χ1) is 10.2. The van der Waals surface area contributed by atoms with Crippen LogP contribution in [0.5, 0.6) is 0 Å². The number of nitrogens with zero attached hydrogens (tertiary/aromatic N) is 4. The van der Waals surface area contributed by atoms with E-state index in [1.54, 1.807) is 18.2 Å². The Bertz CT molecular complexity index is 574. The molecule has 1 atom stereocenters. The van der Waals surface area contributed by atoms with Gasteiger partial charge in [0.25, 0.3) is 5.91 Å². The van der Waals surface area contributed by atoms with Crippen LogP contribution in [0.25, 0.3) is 5.69 Å². The predicted octanol–water partition coefficient (Wildman–Crippen LogP) is 1.33. The maximum atomic E-state index is 12.3. The molecule has 0 radical (unpaired) electrons. The van der Waals surface area contributed by atoms with Crippen LogP contribution in [0, 0.1) is 0 Å². The Hall–Kier alpha value is -1.99. The predicted molar refractivity (Wildman–Crippen MR) is 86.2 cm³/mol. The second-order valence-corrected chi connectivity index (χ2v) is 4.85. The summed E-state index contributed by atoms with van der Waals surface area (Å²) in [6.45, 7) is 2.56. The van der Waals surface area contributed by atoms with Gasteiger partial charge in [0.05, 0.1) is 5.69 Å². The van der Waals surface area contributed by atoms with Crippen LogP contribution in [-0.4, -0.2) is 38.7 Å². The molecule has 7 nitrogen and oxygen atoms in total. The summed E-state index contributed by atoms with van der Waals surface area (Å²) in [5.74, 6) is -0.128. The van der Waals surface area contributed by atoms with Crippen LogP contribution in [0.1, 0.15) is 36.5 Å². The van der Waals surface area contributed by atoms with Gasteiger partial charge in [-0.05, 0) is 35.0 Å². The van der Waals surface area contributed by atoms with Gasteiger partial charge in [0, 0.05) is 18.2 Å². The third-order valence-corrected chi connectivity index (χ3v) is 3.25. The number of halogens is 1. The van der Waals surface area contributed by atoms with Crippen molar-refractivity contribution in [2.24, 2.45) is 5.73 Å². The minimum Gasteiger partial charge on any atom is -0.348 e. The average Bonchev–Trinajstić information content (AvgIpc) is 3.05. The van der Waals surface area contributed by atoms with Gasteiger partial charge >= 0.3 is 0 Å². The molecule has 0 saturated carbocycles. The number of aromatic nitrogens is 4. The van der Waals surface area contributed by atoms with E-state index in [4.69, 9.17) is 5.73 Å². The number of rotatable bonds is 7. The lowest BCUT2D eigenvalue weighted by atomic mass is 10.1. The molecule has 1 heterocycles. The summed E-state index contributed by atoms with van der Waals surface area (Å²) in [5.41, 5.74) is 7.01. The number of nitrogens with two attached hydrogens (primary N) is 1. The molecule has 1 amide bonds. The summed E-state index contributed by atoms with van der Waals surface area (Å²) in [6, 6.07) is 7.16. The van der Waals surface area contributed by atoms with E-state index in [-0.39, 0.29) is 24.4 Å². The van der Waals surface area contributed by atoms with Gasteiger partial charge in [-0.1, -0.05) is 25.8 Å². The quantitative estimate of drug-likeness (QED) is 0.800. The van der Waals surface area contributed by atoms with Crippen molar-refractivity contribution in [1.29, 1.82) is 0 Å². The molecule has 1 aromatic heterocycles. The highest BCUT2D eigenvalue weighted by molar-refractivity contribution is 5.94. The van der Waals surface area contributed by atoms with Crippen molar-refractivity contribution in [2.75, 3.05) is 6.54 Å². The zero-order valence-electron chi connectivity index (χ0n) is 12.5. The molecule has 1 aromatic carbocycles. The Morgan fingerprint density at radius 1 is 1.45 bits per heavy atom. The van der Waals surface area contributed by atoms with E-state index < -0.39 is 0 Å². The molecule has 0 bridgehead atoms. The zero-order valence-corrected chi connectivity index (χ0v) is 13.3. The summed E-state index contributed by atoms with van der Waals surface area (Å²) in [7, 11) is 0. The third kappa shape index (κ3) is 4.78. The second-order valence-electron chi connectivity index (χ2n) is 4.85. The summed E-state index contributed by atoms with van der Waals surface area (Å²) in [5, 5.41) is 13.9. The summed E-state index contributed by atoms with van der Waals surface area (Å²) >= 11 is 0. The average molecular weight is 325 g/mol. The Morgan fingerprint density at radius 3 is 2.91 bits per heavy atom. The van der Waals surface area contributed by atoms with E-state index in [9.17, 15) is 4.79 Å². The van der Waals surface area contributed by atoms with Gasteiger partial charge in [0.15, 0.2) is 0 Å². The van der Waals surface area contributed by atoms with Crippen LogP contribution in [0.4, 0.5) is 0 Å². The maximum absolute atomic E-state index is 12.3. The fraction of sp³-hybridized carbons (Fsp3) is 0.429. The van der Waals surface area contributed by atoms with Gasteiger partial charge < -0.3 is 11.1 Å². The lowest BCUT2D eigenvalue weighted by molar-refractivity contribution is 0.0935. The van der Waals surface area contributed by atoms with E-state index in [2.05, 4.69) is 27.8 Å². The third-order valence-electron chi connectivity index (χ3n) is 3.25. The van der Waals surface area contributed by atoms with Crippen molar-refractivity contribution in [3.8, 4) is 5.69 Å². The fourth-order valence-corrected chi connectivity index (χ4v) is 2.04. The summed E-state index contributed by atoms with van der Waals surface area (Å²) < 4.78 is 1.51. The number of hydrogen-bond donors (Lipinski definition) is 2. The first-order valence-electron chi connectivity index (χ1n) is 7.09. The Kier molecular flexibility index (Phi) is 7.48. The second kappa shape index (κ2) is 9.11. The van der Waals surface area contributed by atoms with Crippen molar-refractivity contribution in [3.63, 3.8) is 0 Å². The number of unbranched alkanes of at least 4 members (excludes halogenated alkanes) is 1. The normalized spacial score (nSPS) is 11.5. The number of benzene rings is 1. The molecular formula is C14H21ClN6O. The van der Waals surface area contributed by atoms with Crippen molar-refractivity contribution >= 4 is 18.3 Å². The molecule has 8 heteroatoms. The molecular weight excluding hydrogens is 304 g/mol. The number of carbonyl (C=O) groups excluding carboxylic acids is 1. The minimum atomic E-state index is -0.128. The Morgan fingerprint density at radius 2 is 2.27 bits per heavy atom. The molecule has 3 N–H and O–H groups in total. The van der Waals surface area contributed by atoms with E-state index in [0.717, 1.165) is 24.9 Å². The van der Waals surface area contributed by atoms with Crippen LogP contribution in [0.2, 0.25) is 0 Å². The number of carbonyl (C=O) groups is 1. The number of nitrogens with one attached hydrogen (secondary N) is 1. The molecule has 2 rings (SSSR count). The first-order valence-corrected chi connectivity index (χ1v) is 7.09. The van der Waals surface area contributed by atoms with Gasteiger partial charge in [0.1, 0.15) is 6.33 Å². The van der Waals surface area contributed by atoms with Crippen LogP contribution in [0.15, 0.2) is 30.6 Å². The van der Waals surface area contributed by atoms with Crippen LogP contribution >= 0.6 is 12.4 Å². The van der Waals surface area contributed by atoms with Crippen molar-refractivity contribution in [3.05, 3.63) is 36.2 Å². The topological polar surface area (TPSA) is 98.7 Å². The van der Waals surface area contributed by atoms with Crippen molar-refractivity contribution < 1.29 is 4.79 Å². The summed E-state index contributed by atoms with van der Waals surface area (Å²) in [6.07, 6.45) is 4.51. The molecule has 0 saturated heterocycles. The lowest BCUT2D eigenvalue weighted by Gasteiger charge is -2.16.